The van der Waals surface area contributed by atoms with Gasteiger partial charge in [0.05, 0.1) is 11.4 Å². The Morgan fingerprint density at radius 2 is 1.96 bits per heavy atom. The van der Waals surface area contributed by atoms with Crippen molar-refractivity contribution in [2.45, 2.75) is 39.7 Å². The number of carbonyl (C=O) groups excluding carboxylic acids is 2. The van der Waals surface area contributed by atoms with E-state index in [0.717, 1.165) is 33.9 Å². The summed E-state index contributed by atoms with van der Waals surface area (Å²) in [6.45, 7) is 5.81. The minimum Gasteiger partial charge on any atom is -0.357 e. The molecular formula is C21H22N2O2S. The van der Waals surface area contributed by atoms with Crippen LogP contribution < -0.4 is 10.2 Å². The number of ketones is 1. The Morgan fingerprint density at radius 1 is 1.19 bits per heavy atom. The van der Waals surface area contributed by atoms with Crippen LogP contribution in [0.1, 0.15) is 44.5 Å². The van der Waals surface area contributed by atoms with Crippen LogP contribution in [0.4, 0.5) is 11.4 Å². The molecule has 4 nitrogen and oxygen atoms in total. The van der Waals surface area contributed by atoms with Gasteiger partial charge in [0.15, 0.2) is 5.78 Å². The number of hydrogen-bond acceptors (Lipinski definition) is 4. The molecule has 1 N–H and O–H groups in total. The molecule has 0 saturated carbocycles. The number of anilines is 2. The van der Waals surface area contributed by atoms with Gasteiger partial charge in [0.1, 0.15) is 6.04 Å². The molecule has 4 rings (SSSR count). The molecule has 0 fully saturated rings. The van der Waals surface area contributed by atoms with Crippen molar-refractivity contribution >= 4 is 34.4 Å². The molecule has 2 heterocycles. The van der Waals surface area contributed by atoms with Crippen LogP contribution in [0.3, 0.4) is 0 Å². The molecule has 2 aliphatic rings. The van der Waals surface area contributed by atoms with Crippen molar-refractivity contribution in [3.05, 3.63) is 57.9 Å². The second-order valence-corrected chi connectivity index (χ2v) is 8.76. The van der Waals surface area contributed by atoms with E-state index in [1.165, 1.54) is 0 Å². The Bertz CT molecular complexity index is 912. The van der Waals surface area contributed by atoms with E-state index in [0.29, 0.717) is 6.42 Å². The summed E-state index contributed by atoms with van der Waals surface area (Å²) in [5.74, 6) is 0.0604. The highest BCUT2D eigenvalue weighted by molar-refractivity contribution is 7.10. The third-order valence-corrected chi connectivity index (χ3v) is 5.98. The molecule has 1 aliphatic carbocycles. The quantitative estimate of drug-likeness (QED) is 0.780. The summed E-state index contributed by atoms with van der Waals surface area (Å²) in [5.41, 5.74) is 3.28. The lowest BCUT2D eigenvalue weighted by Crippen LogP contribution is -2.38. The Morgan fingerprint density at radius 3 is 2.65 bits per heavy atom. The number of nitrogens with one attached hydrogen (secondary N) is 1. The van der Waals surface area contributed by atoms with Gasteiger partial charge in [0.25, 0.3) is 0 Å². The Balaban J connectivity index is 2.00. The third kappa shape index (κ3) is 2.76. The molecular weight excluding hydrogens is 344 g/mol. The Kier molecular flexibility index (Phi) is 3.99. The third-order valence-electron chi connectivity index (χ3n) is 5.05. The normalized spacial score (nSPS) is 21.6. The van der Waals surface area contributed by atoms with Gasteiger partial charge in [0, 0.05) is 29.5 Å². The van der Waals surface area contributed by atoms with Crippen molar-refractivity contribution in [3.8, 4) is 0 Å². The van der Waals surface area contributed by atoms with E-state index in [1.54, 1.807) is 23.2 Å². The zero-order chi connectivity index (χ0) is 18.5. The van der Waals surface area contributed by atoms with Gasteiger partial charge >= 0.3 is 0 Å². The lowest BCUT2D eigenvalue weighted by molar-refractivity contribution is -0.118. The molecule has 0 spiro atoms. The lowest BCUT2D eigenvalue weighted by Gasteiger charge is -2.36. The predicted octanol–water partition coefficient (Wildman–Crippen LogP) is 4.91. The highest BCUT2D eigenvalue weighted by atomic mass is 32.1. The van der Waals surface area contributed by atoms with Crippen LogP contribution in [0.5, 0.6) is 0 Å². The van der Waals surface area contributed by atoms with Gasteiger partial charge in [-0.15, -0.1) is 11.3 Å². The van der Waals surface area contributed by atoms with Crippen LogP contribution in [0.2, 0.25) is 0 Å². The van der Waals surface area contributed by atoms with Gasteiger partial charge in [-0.3, -0.25) is 14.5 Å². The second-order valence-electron chi connectivity index (χ2n) is 7.78. The van der Waals surface area contributed by atoms with Gasteiger partial charge in [0.2, 0.25) is 5.91 Å². The fourth-order valence-corrected chi connectivity index (χ4v) is 4.87. The molecule has 1 amide bonds. The van der Waals surface area contributed by atoms with Crippen molar-refractivity contribution in [3.63, 3.8) is 0 Å². The number of rotatable bonds is 1. The van der Waals surface area contributed by atoms with Crippen molar-refractivity contribution in [1.29, 1.82) is 0 Å². The van der Waals surface area contributed by atoms with Crippen molar-refractivity contribution < 1.29 is 9.59 Å². The van der Waals surface area contributed by atoms with Gasteiger partial charge in [-0.1, -0.05) is 32.0 Å². The molecule has 2 aromatic rings. The van der Waals surface area contributed by atoms with E-state index < -0.39 is 0 Å². The average molecular weight is 366 g/mol. The number of Topliss-reactive ketones (excluding diaryl/α,β-unsaturated/α-hetero) is 1. The molecule has 0 unspecified atom stereocenters. The Hall–Kier alpha value is -2.40. The highest BCUT2D eigenvalue weighted by Gasteiger charge is 2.42. The number of para-hydroxylation sites is 2. The van der Waals surface area contributed by atoms with E-state index in [1.807, 2.05) is 41.8 Å². The first-order chi connectivity index (χ1) is 12.4. The monoisotopic (exact) mass is 366 g/mol. The largest absolute Gasteiger partial charge is 0.357 e. The molecule has 1 aromatic carbocycles. The maximum Gasteiger partial charge on any atom is 0.224 e. The number of allylic oxidation sites excluding steroid dienone is 1. The van der Waals surface area contributed by atoms with Crippen LogP contribution in [-0.2, 0) is 9.59 Å². The summed E-state index contributed by atoms with van der Waals surface area (Å²) in [6.07, 6.45) is 1.29. The first-order valence-electron chi connectivity index (χ1n) is 8.83. The van der Waals surface area contributed by atoms with E-state index in [9.17, 15) is 9.59 Å². The van der Waals surface area contributed by atoms with Gasteiger partial charge in [-0.05, 0) is 35.4 Å². The van der Waals surface area contributed by atoms with Gasteiger partial charge < -0.3 is 5.32 Å². The molecule has 134 valence electrons. The maximum atomic E-state index is 13.2. The number of nitrogens with zero attached hydrogens (tertiary/aromatic N) is 1. The molecule has 1 aromatic heterocycles. The topological polar surface area (TPSA) is 49.4 Å². The van der Waals surface area contributed by atoms with E-state index in [-0.39, 0.29) is 23.1 Å². The number of thiophene rings is 1. The first-order valence-corrected chi connectivity index (χ1v) is 9.71. The zero-order valence-electron chi connectivity index (χ0n) is 15.2. The predicted molar refractivity (Wildman–Crippen MR) is 105 cm³/mol. The van der Waals surface area contributed by atoms with Crippen molar-refractivity contribution in [2.75, 3.05) is 10.2 Å². The SMILES string of the molecule is CC(=O)N1c2ccccc2NC2=C(C(=O)CC(C)(C)C2)[C@H]1c1cccs1. The summed E-state index contributed by atoms with van der Waals surface area (Å²) in [7, 11) is 0. The van der Waals surface area contributed by atoms with E-state index >= 15 is 0 Å². The number of fused-ring (bicyclic) bond motifs is 1. The fourth-order valence-electron chi connectivity index (χ4n) is 4.05. The van der Waals surface area contributed by atoms with Crippen molar-refractivity contribution in [1.82, 2.24) is 0 Å². The number of carbonyl (C=O) groups is 2. The summed E-state index contributed by atoms with van der Waals surface area (Å²) >= 11 is 1.58. The van der Waals surface area contributed by atoms with Crippen LogP contribution in [-0.4, -0.2) is 11.7 Å². The molecule has 26 heavy (non-hydrogen) atoms. The minimum absolute atomic E-state index is 0.0657. The average Bonchev–Trinajstić information content (AvgIpc) is 3.02. The Labute approximate surface area is 157 Å². The van der Waals surface area contributed by atoms with Crippen LogP contribution >= 0.6 is 11.3 Å². The highest BCUT2D eigenvalue weighted by Crippen LogP contribution is 2.48. The van der Waals surface area contributed by atoms with E-state index in [4.69, 9.17) is 0 Å². The van der Waals surface area contributed by atoms with Crippen molar-refractivity contribution in [2.24, 2.45) is 5.41 Å². The number of hydrogen-bond donors (Lipinski definition) is 1. The summed E-state index contributed by atoms with van der Waals surface area (Å²) in [4.78, 5) is 28.7. The van der Waals surface area contributed by atoms with Crippen LogP contribution in [0.25, 0.3) is 0 Å². The molecule has 0 saturated heterocycles. The molecule has 0 radical (unpaired) electrons. The summed E-state index contributed by atoms with van der Waals surface area (Å²) in [6, 6.07) is 11.4. The van der Waals surface area contributed by atoms with Gasteiger partial charge in [-0.25, -0.2) is 0 Å². The standard InChI is InChI=1S/C21H22N2O2S/c1-13(24)23-16-8-5-4-7-14(16)22-15-11-21(2,3)12-17(25)19(15)20(23)18-9-6-10-26-18/h4-10,20,22H,11-12H2,1-3H3/t20-/m1/s1. The van der Waals surface area contributed by atoms with Crippen LogP contribution in [0, 0.1) is 5.41 Å². The smallest absolute Gasteiger partial charge is 0.224 e. The summed E-state index contributed by atoms with van der Waals surface area (Å²) in [5, 5.41) is 5.49. The molecule has 1 atom stereocenters. The molecule has 5 heteroatoms. The molecule has 0 bridgehead atoms. The second kappa shape index (κ2) is 6.09. The van der Waals surface area contributed by atoms with Crippen LogP contribution in [0.15, 0.2) is 53.0 Å². The fraction of sp³-hybridized carbons (Fsp3) is 0.333. The maximum absolute atomic E-state index is 13.2. The first kappa shape index (κ1) is 17.0. The van der Waals surface area contributed by atoms with E-state index in [2.05, 4.69) is 19.2 Å². The lowest BCUT2D eigenvalue weighted by atomic mass is 9.74. The number of benzene rings is 1. The molecule has 1 aliphatic heterocycles. The minimum atomic E-state index is -0.373. The number of amides is 1. The zero-order valence-corrected chi connectivity index (χ0v) is 16.0. The van der Waals surface area contributed by atoms with Gasteiger partial charge in [-0.2, -0.15) is 0 Å². The summed E-state index contributed by atoms with van der Waals surface area (Å²) < 4.78 is 0.